The topological polar surface area (TPSA) is 113 Å². The second kappa shape index (κ2) is 20.7. The number of aliphatic hydroxyl groups excluding tert-OH is 2. The molecule has 3 N–H and O–H groups in total. The number of esters is 2. The maximum absolute atomic E-state index is 14.3. The van der Waals surface area contributed by atoms with Gasteiger partial charge in [0.25, 0.3) is 0 Å². The van der Waals surface area contributed by atoms with Crippen molar-refractivity contribution < 1.29 is 34.4 Å². The van der Waals surface area contributed by atoms with Crippen molar-refractivity contribution >= 4 is 22.7 Å². The van der Waals surface area contributed by atoms with E-state index in [1.807, 2.05) is 0 Å². The van der Waals surface area contributed by atoms with Gasteiger partial charge in [-0.3, -0.25) is 4.79 Å². The Hall–Kier alpha value is -4.30. The molecule has 14 rings (SSSR count). The summed E-state index contributed by atoms with van der Waals surface area (Å²) >= 11 is 0. The number of aliphatic hydroxyl groups is 3. The van der Waals surface area contributed by atoms with E-state index < -0.39 is 46.6 Å². The van der Waals surface area contributed by atoms with Gasteiger partial charge in [-0.05, 0) is 242 Å². The smallest absolute Gasteiger partial charge is 0.331 e. The van der Waals surface area contributed by atoms with E-state index in [2.05, 4.69) is 112 Å². The van der Waals surface area contributed by atoms with Crippen LogP contribution < -0.4 is 0 Å². The largest absolute Gasteiger partial charge is 0.462 e. The molecule has 4 aromatic carbocycles. The summed E-state index contributed by atoms with van der Waals surface area (Å²) in [4.78, 5) is 26.3. The lowest BCUT2D eigenvalue weighted by Gasteiger charge is -2.70. The number of hydrogen-bond acceptors (Lipinski definition) is 7. The van der Waals surface area contributed by atoms with Gasteiger partial charge in [-0.1, -0.05) is 144 Å². The first-order valence-corrected chi connectivity index (χ1v) is 33.4. The zero-order chi connectivity index (χ0) is 56.4. The summed E-state index contributed by atoms with van der Waals surface area (Å²) in [6.07, 6.45) is 26.1. The summed E-state index contributed by atoms with van der Waals surface area (Å²) in [6.45, 7) is 8.54. The fourth-order valence-corrected chi connectivity index (χ4v) is 23.7. The third-order valence-corrected chi connectivity index (χ3v) is 26.9. The Balaban J connectivity index is 0.890. The molecule has 0 saturated heterocycles. The molecule has 82 heavy (non-hydrogen) atoms. The van der Waals surface area contributed by atoms with E-state index in [1.165, 1.54) is 101 Å². The van der Waals surface area contributed by atoms with Gasteiger partial charge in [0.1, 0.15) is 12.7 Å². The molecule has 0 unspecified atom stereocenters. The minimum absolute atomic E-state index is 0.0947. The van der Waals surface area contributed by atoms with Crippen LogP contribution in [0.3, 0.4) is 0 Å². The van der Waals surface area contributed by atoms with Crippen LogP contribution in [0.2, 0.25) is 0 Å². The summed E-state index contributed by atoms with van der Waals surface area (Å²) < 4.78 is 12.2. The fourth-order valence-electron chi connectivity index (χ4n) is 23.7. The Morgan fingerprint density at radius 2 is 1.56 bits per heavy atom. The maximum atomic E-state index is 14.3. The standard InChI is InChI=1S/C75H96O7/c1-48(17-15-20-51-18-7-5-8-19-51)26-29-62(77)75-63(78)32-36-69(4,68(75)61(82-50(3)76)41-49(2)74(75,80)38-30-52-42-64(79)81-45-52)55-31-37-73-47-71(40-39-70(46-71)33-13-14-34-70)60-44-72(54-22-9-6-10-23-54)35-12-11-25-58(72)57-28-27-53-21-16-24-56(59(73)43-55)65(53)66(57)67(60)73/h5-10,16,18-19,21-24,27-28,42,48-49,55,58-63,67-68,77-78,80H,11-15,17,20,25-26,29-41,43-47H2,1-4H3/t48-,49-,55+,58+,59-,60-,61-,62+,63+,67+,68+,69+,71+,72+,73-,74-,75+/m1/s1. The Morgan fingerprint density at radius 1 is 0.780 bits per heavy atom. The van der Waals surface area contributed by atoms with Crippen LogP contribution in [-0.4, -0.2) is 57.8 Å². The number of fused-ring (bicyclic) bond motifs is 5. The maximum Gasteiger partial charge on any atom is 0.331 e. The van der Waals surface area contributed by atoms with E-state index in [-0.39, 0.29) is 47.1 Å². The average molecular weight is 1110 g/mol. The first-order valence-electron chi connectivity index (χ1n) is 33.4. The molecule has 0 aromatic heterocycles. The molecule has 7 nitrogen and oxygen atoms in total. The van der Waals surface area contributed by atoms with Crippen LogP contribution in [0.1, 0.15) is 234 Å². The van der Waals surface area contributed by atoms with Crippen molar-refractivity contribution in [1.82, 2.24) is 0 Å². The minimum atomic E-state index is -1.55. The zero-order valence-electron chi connectivity index (χ0n) is 50.2. The second-order valence-corrected chi connectivity index (χ2v) is 30.5. The molecule has 0 amide bonds. The number of ether oxygens (including phenoxy) is 2. The monoisotopic (exact) mass is 1110 g/mol. The minimum Gasteiger partial charge on any atom is -0.462 e. The number of hydrogen-bond donors (Lipinski definition) is 3. The number of cyclic esters (lactones) is 1. The van der Waals surface area contributed by atoms with Gasteiger partial charge in [-0.15, -0.1) is 0 Å². The number of carbonyl (C=O) groups excluding carboxylic acids is 2. The molecule has 7 fully saturated rings. The highest BCUT2D eigenvalue weighted by molar-refractivity contribution is 5.93. The Bertz CT molecular complexity index is 3090. The number of rotatable bonds is 14. The molecule has 9 aliphatic carbocycles. The van der Waals surface area contributed by atoms with Crippen LogP contribution in [0.4, 0.5) is 0 Å². The van der Waals surface area contributed by atoms with E-state index in [4.69, 9.17) is 9.47 Å². The molecular formula is C75H96O7. The van der Waals surface area contributed by atoms with Gasteiger partial charge < -0.3 is 24.8 Å². The van der Waals surface area contributed by atoms with Crippen molar-refractivity contribution in [3.63, 3.8) is 0 Å². The van der Waals surface area contributed by atoms with E-state index in [1.54, 1.807) is 33.7 Å². The molecule has 7 heteroatoms. The summed E-state index contributed by atoms with van der Waals surface area (Å²) in [6, 6.07) is 35.1. The lowest BCUT2D eigenvalue weighted by atomic mass is 9.36. The Kier molecular flexibility index (Phi) is 14.0. The SMILES string of the molecule is CC(=O)O[C@@H]1C[C@@H](C)[C@](O)(CCC2=CC(=O)OC2)[C@@]2([C@@H](O)CC[C@H](C)CCCc3ccccc3)[C@@H](O)CC[C@@](C)([C@H]3CC[C@]45C[C@@]6(CCC7(CCCC7)C6)[C@@H]6C[C@]7(c8ccccc8)CCCC[C@H]7c7ccc8cccc(c8c7[C@H]64)[C@H]5C3)[C@H]12. The van der Waals surface area contributed by atoms with Crippen LogP contribution in [0.25, 0.3) is 10.8 Å². The number of carbonyl (C=O) groups is 2. The zero-order valence-corrected chi connectivity index (χ0v) is 50.2. The van der Waals surface area contributed by atoms with Crippen molar-refractivity contribution in [3.05, 3.63) is 130 Å². The van der Waals surface area contributed by atoms with Crippen LogP contribution >= 0.6 is 0 Å². The number of aryl methyl sites for hydroxylation is 1. The average Bonchev–Trinajstić information content (AvgIpc) is 1.48. The van der Waals surface area contributed by atoms with Gasteiger partial charge in [0.05, 0.1) is 23.2 Å². The predicted octanol–water partition coefficient (Wildman–Crippen LogP) is 16.1. The van der Waals surface area contributed by atoms with Gasteiger partial charge >= 0.3 is 11.9 Å². The molecule has 1 heterocycles. The molecule has 17 atom stereocenters. The van der Waals surface area contributed by atoms with Crippen molar-refractivity contribution in [3.8, 4) is 0 Å². The van der Waals surface area contributed by atoms with Gasteiger partial charge in [0, 0.05) is 24.3 Å². The predicted molar refractivity (Wildman–Crippen MR) is 324 cm³/mol. The summed E-state index contributed by atoms with van der Waals surface area (Å²) in [5.74, 6) is 0.787. The number of benzene rings is 4. The summed E-state index contributed by atoms with van der Waals surface area (Å²) in [5, 5.41) is 44.3. The van der Waals surface area contributed by atoms with E-state index in [9.17, 15) is 24.9 Å². The molecule has 0 bridgehead atoms. The van der Waals surface area contributed by atoms with E-state index >= 15 is 0 Å². The van der Waals surface area contributed by atoms with E-state index in [0.717, 1.165) is 56.9 Å². The van der Waals surface area contributed by atoms with Crippen molar-refractivity contribution in [2.75, 3.05) is 6.61 Å². The van der Waals surface area contributed by atoms with Crippen LogP contribution in [-0.2, 0) is 30.9 Å². The van der Waals surface area contributed by atoms with Gasteiger partial charge in [0.15, 0.2) is 0 Å². The lowest BCUT2D eigenvalue weighted by Crippen LogP contribution is -2.77. The quantitative estimate of drug-likeness (QED) is 0.108. The fraction of sp³-hybridized carbons (Fsp3) is 0.653. The third kappa shape index (κ3) is 8.37. The Labute approximate surface area is 490 Å². The lowest BCUT2D eigenvalue weighted by molar-refractivity contribution is -0.327. The van der Waals surface area contributed by atoms with Crippen LogP contribution in [0.5, 0.6) is 0 Å². The highest BCUT2D eigenvalue weighted by Gasteiger charge is 2.77. The molecule has 0 radical (unpaired) electrons. The summed E-state index contributed by atoms with van der Waals surface area (Å²) in [5.41, 5.74) is 6.27. The van der Waals surface area contributed by atoms with Gasteiger partial charge in [-0.25, -0.2) is 4.79 Å². The van der Waals surface area contributed by atoms with E-state index in [0.29, 0.717) is 60.7 Å². The first kappa shape index (κ1) is 55.6. The van der Waals surface area contributed by atoms with Crippen molar-refractivity contribution in [2.45, 2.75) is 242 Å². The van der Waals surface area contributed by atoms with Crippen LogP contribution in [0, 0.1) is 56.7 Å². The van der Waals surface area contributed by atoms with Crippen molar-refractivity contribution in [2.24, 2.45) is 56.7 Å². The van der Waals surface area contributed by atoms with Gasteiger partial charge in [0.2, 0.25) is 0 Å². The second-order valence-electron chi connectivity index (χ2n) is 30.5. The van der Waals surface area contributed by atoms with Crippen molar-refractivity contribution in [1.29, 1.82) is 0 Å². The third-order valence-electron chi connectivity index (χ3n) is 26.9. The molecule has 4 aromatic rings. The molecule has 438 valence electrons. The normalized spacial score (nSPS) is 40.2. The summed E-state index contributed by atoms with van der Waals surface area (Å²) in [7, 11) is 0. The first-order chi connectivity index (χ1) is 39.6. The molecule has 10 aliphatic rings. The molecule has 3 spiro atoms. The highest BCUT2D eigenvalue weighted by atomic mass is 16.5. The molecular weight excluding hydrogens is 1010 g/mol. The molecule has 7 saturated carbocycles. The Morgan fingerprint density at radius 3 is 2.33 bits per heavy atom. The highest BCUT2D eigenvalue weighted by Crippen LogP contribution is 2.83. The van der Waals surface area contributed by atoms with Crippen LogP contribution in [0.15, 0.2) is 103 Å². The van der Waals surface area contributed by atoms with Gasteiger partial charge in [-0.2, -0.15) is 0 Å². The molecule has 1 aliphatic heterocycles.